The molecule has 25 heavy (non-hydrogen) atoms. The molecule has 1 aromatic heterocycles. The Morgan fingerprint density at radius 3 is 2.88 bits per heavy atom. The normalized spacial score (nSPS) is 25.9. The largest absolute Gasteiger partial charge is 0.353 e. The van der Waals surface area contributed by atoms with Gasteiger partial charge in [0.15, 0.2) is 5.16 Å². The van der Waals surface area contributed by atoms with Crippen molar-refractivity contribution in [2.75, 3.05) is 5.75 Å². The molecule has 1 aromatic carbocycles. The van der Waals surface area contributed by atoms with Gasteiger partial charge in [-0.1, -0.05) is 36.4 Å². The predicted molar refractivity (Wildman–Crippen MR) is 98.6 cm³/mol. The fourth-order valence-electron chi connectivity index (χ4n) is 4.53. The van der Waals surface area contributed by atoms with Crippen molar-refractivity contribution < 1.29 is 4.79 Å². The fourth-order valence-corrected chi connectivity index (χ4v) is 5.27. The summed E-state index contributed by atoms with van der Waals surface area (Å²) in [7, 11) is 0. The molecule has 4 rings (SSSR count). The molecule has 2 fully saturated rings. The Morgan fingerprint density at radius 1 is 1.32 bits per heavy atom. The number of fused-ring (bicyclic) bond motifs is 2. The summed E-state index contributed by atoms with van der Waals surface area (Å²) in [6.07, 6.45) is 7.10. The number of hydrogen-bond donors (Lipinski definition) is 1. The fraction of sp³-hybridized carbons (Fsp3) is 0.526. The molecule has 4 atom stereocenters. The van der Waals surface area contributed by atoms with Crippen molar-refractivity contribution in [3.8, 4) is 5.69 Å². The number of hydrogen-bond acceptors (Lipinski definition) is 4. The van der Waals surface area contributed by atoms with Crippen molar-refractivity contribution in [1.82, 2.24) is 20.1 Å². The average molecular weight is 356 g/mol. The van der Waals surface area contributed by atoms with Gasteiger partial charge in [-0.25, -0.2) is 0 Å². The van der Waals surface area contributed by atoms with Crippen molar-refractivity contribution in [2.45, 2.75) is 43.8 Å². The average Bonchev–Trinajstić information content (AvgIpc) is 3.37. The number of carbonyl (C=O) groups is 1. The summed E-state index contributed by atoms with van der Waals surface area (Å²) in [6.45, 7) is 2.17. The quantitative estimate of drug-likeness (QED) is 0.807. The van der Waals surface area contributed by atoms with E-state index in [1.807, 2.05) is 34.9 Å². The zero-order valence-corrected chi connectivity index (χ0v) is 15.3. The van der Waals surface area contributed by atoms with Crippen LogP contribution >= 0.6 is 11.8 Å². The lowest BCUT2D eigenvalue weighted by atomic mass is 9.84. The summed E-state index contributed by atoms with van der Waals surface area (Å²) in [4.78, 5) is 12.4. The zero-order valence-electron chi connectivity index (χ0n) is 14.5. The summed E-state index contributed by atoms with van der Waals surface area (Å²) >= 11 is 1.43. The maximum atomic E-state index is 12.4. The Labute approximate surface area is 152 Å². The first-order chi connectivity index (χ1) is 12.2. The third-order valence-electron chi connectivity index (χ3n) is 5.71. The van der Waals surface area contributed by atoms with Crippen molar-refractivity contribution in [3.63, 3.8) is 0 Å². The van der Waals surface area contributed by atoms with Crippen LogP contribution in [0.2, 0.25) is 0 Å². The van der Waals surface area contributed by atoms with Crippen LogP contribution < -0.4 is 5.32 Å². The summed E-state index contributed by atoms with van der Waals surface area (Å²) in [5, 5.41) is 12.1. The van der Waals surface area contributed by atoms with Crippen LogP contribution in [0.25, 0.3) is 5.69 Å². The minimum absolute atomic E-state index is 0.0860. The van der Waals surface area contributed by atoms with Gasteiger partial charge >= 0.3 is 0 Å². The van der Waals surface area contributed by atoms with Crippen LogP contribution in [0.15, 0.2) is 41.8 Å². The SMILES string of the molecule is C[C@@H](NC(=O)CSc1nncn1-c1ccccc1)[C@H]1C[C@@H]2CC[C@@H]1C2. The first kappa shape index (κ1) is 16.6. The molecule has 2 aliphatic carbocycles. The Hall–Kier alpha value is -1.82. The van der Waals surface area contributed by atoms with E-state index in [0.29, 0.717) is 11.7 Å². The highest BCUT2D eigenvalue weighted by atomic mass is 32.2. The number of aromatic nitrogens is 3. The number of thioether (sulfide) groups is 1. The third-order valence-corrected chi connectivity index (χ3v) is 6.65. The van der Waals surface area contributed by atoms with Gasteiger partial charge in [-0.05, 0) is 56.1 Å². The molecule has 0 unspecified atom stereocenters. The molecule has 1 N–H and O–H groups in total. The zero-order chi connectivity index (χ0) is 17.2. The highest BCUT2D eigenvalue weighted by Crippen LogP contribution is 2.49. The molecule has 132 valence electrons. The van der Waals surface area contributed by atoms with Crippen LogP contribution in [-0.2, 0) is 4.79 Å². The van der Waals surface area contributed by atoms with E-state index in [4.69, 9.17) is 0 Å². The lowest BCUT2D eigenvalue weighted by Crippen LogP contribution is -2.40. The Balaban J connectivity index is 1.32. The smallest absolute Gasteiger partial charge is 0.230 e. The van der Waals surface area contributed by atoms with Crippen LogP contribution in [0, 0.1) is 17.8 Å². The van der Waals surface area contributed by atoms with Gasteiger partial charge in [-0.2, -0.15) is 0 Å². The molecule has 0 aliphatic heterocycles. The minimum Gasteiger partial charge on any atom is -0.353 e. The molecule has 0 spiro atoms. The van der Waals surface area contributed by atoms with E-state index >= 15 is 0 Å². The van der Waals surface area contributed by atoms with Gasteiger partial charge in [0, 0.05) is 11.7 Å². The highest BCUT2D eigenvalue weighted by molar-refractivity contribution is 7.99. The molecule has 2 aliphatic rings. The molecule has 0 saturated heterocycles. The second kappa shape index (κ2) is 7.20. The van der Waals surface area contributed by atoms with Crippen LogP contribution in [0.3, 0.4) is 0 Å². The van der Waals surface area contributed by atoms with E-state index in [0.717, 1.165) is 22.7 Å². The molecular weight excluding hydrogens is 332 g/mol. The lowest BCUT2D eigenvalue weighted by Gasteiger charge is -2.28. The maximum Gasteiger partial charge on any atom is 0.230 e. The van der Waals surface area contributed by atoms with Crippen molar-refractivity contribution in [1.29, 1.82) is 0 Å². The van der Waals surface area contributed by atoms with Gasteiger partial charge in [0.2, 0.25) is 5.91 Å². The van der Waals surface area contributed by atoms with E-state index < -0.39 is 0 Å². The Kier molecular flexibility index (Phi) is 4.79. The number of para-hydroxylation sites is 1. The van der Waals surface area contributed by atoms with Crippen LogP contribution in [0.5, 0.6) is 0 Å². The van der Waals surface area contributed by atoms with Crippen molar-refractivity contribution >= 4 is 17.7 Å². The first-order valence-electron chi connectivity index (χ1n) is 9.08. The van der Waals surface area contributed by atoms with E-state index in [9.17, 15) is 4.79 Å². The summed E-state index contributed by atoms with van der Waals surface area (Å²) < 4.78 is 1.91. The number of amides is 1. The number of nitrogens with one attached hydrogen (secondary N) is 1. The summed E-state index contributed by atoms with van der Waals surface area (Å²) in [5.74, 6) is 2.86. The topological polar surface area (TPSA) is 59.8 Å². The third kappa shape index (κ3) is 3.59. The molecular formula is C19H24N4OS. The molecule has 2 aromatic rings. The van der Waals surface area contributed by atoms with Gasteiger partial charge < -0.3 is 5.32 Å². The molecule has 2 bridgehead atoms. The molecule has 1 heterocycles. The van der Waals surface area contributed by atoms with E-state index in [1.165, 1.54) is 37.4 Å². The number of nitrogens with zero attached hydrogens (tertiary/aromatic N) is 3. The van der Waals surface area contributed by atoms with E-state index in [1.54, 1.807) is 6.33 Å². The van der Waals surface area contributed by atoms with Gasteiger partial charge in [-0.15, -0.1) is 10.2 Å². The van der Waals surface area contributed by atoms with Crippen LogP contribution in [0.1, 0.15) is 32.6 Å². The number of carbonyl (C=O) groups excluding carboxylic acids is 1. The summed E-state index contributed by atoms with van der Waals surface area (Å²) in [6, 6.07) is 10.2. The molecule has 0 radical (unpaired) electrons. The van der Waals surface area contributed by atoms with Gasteiger partial charge in [0.05, 0.1) is 5.75 Å². The minimum atomic E-state index is 0.0860. The molecule has 1 amide bonds. The lowest BCUT2D eigenvalue weighted by molar-refractivity contribution is -0.119. The Morgan fingerprint density at radius 2 is 2.16 bits per heavy atom. The second-order valence-corrected chi connectivity index (χ2v) is 8.25. The first-order valence-corrected chi connectivity index (χ1v) is 10.1. The number of benzene rings is 1. The molecule has 6 heteroatoms. The highest BCUT2D eigenvalue weighted by Gasteiger charge is 2.42. The predicted octanol–water partition coefficient (Wildman–Crippen LogP) is 3.30. The van der Waals surface area contributed by atoms with E-state index in [2.05, 4.69) is 22.4 Å². The monoisotopic (exact) mass is 356 g/mol. The summed E-state index contributed by atoms with van der Waals surface area (Å²) in [5.41, 5.74) is 1.01. The van der Waals surface area contributed by atoms with Gasteiger partial charge in [0.25, 0.3) is 0 Å². The maximum absolute atomic E-state index is 12.4. The standard InChI is InChI=1S/C19H24N4OS/c1-13(17-10-14-7-8-15(17)9-14)21-18(24)11-25-19-22-20-12-23(19)16-5-3-2-4-6-16/h2-6,12-15,17H,7-11H2,1H3,(H,21,24)/t13-,14-,15-,17-/m1/s1. The van der Waals surface area contributed by atoms with E-state index in [-0.39, 0.29) is 11.9 Å². The van der Waals surface area contributed by atoms with Crippen LogP contribution in [-0.4, -0.2) is 32.5 Å². The molecule has 2 saturated carbocycles. The van der Waals surface area contributed by atoms with Crippen molar-refractivity contribution in [3.05, 3.63) is 36.7 Å². The van der Waals surface area contributed by atoms with Gasteiger partial charge in [0.1, 0.15) is 6.33 Å². The second-order valence-electron chi connectivity index (χ2n) is 7.30. The van der Waals surface area contributed by atoms with Gasteiger partial charge in [-0.3, -0.25) is 9.36 Å². The Bertz CT molecular complexity index is 732. The number of rotatable bonds is 6. The molecule has 5 nitrogen and oxygen atoms in total. The van der Waals surface area contributed by atoms with Crippen molar-refractivity contribution in [2.24, 2.45) is 17.8 Å². The van der Waals surface area contributed by atoms with Crippen LogP contribution in [0.4, 0.5) is 0 Å².